The first-order valence-electron chi connectivity index (χ1n) is 8.99. The number of hydrogen-bond donors (Lipinski definition) is 2. The number of rotatable bonds is 4. The summed E-state index contributed by atoms with van der Waals surface area (Å²) in [4.78, 5) is 27.1. The van der Waals surface area contributed by atoms with Gasteiger partial charge in [-0.05, 0) is 47.9 Å². The predicted molar refractivity (Wildman–Crippen MR) is 106 cm³/mol. The number of amides is 2. The number of nitrogens with zero attached hydrogens (tertiary/aromatic N) is 1. The minimum absolute atomic E-state index is 0.0383. The molecule has 0 unspecified atom stereocenters. The van der Waals surface area contributed by atoms with E-state index in [1.807, 2.05) is 34.5 Å². The third kappa shape index (κ3) is 4.14. The summed E-state index contributed by atoms with van der Waals surface area (Å²) in [6.07, 6.45) is 1.64. The lowest BCUT2D eigenvalue weighted by atomic mass is 10.0. The molecule has 2 heterocycles. The van der Waals surface area contributed by atoms with Crippen LogP contribution in [-0.2, 0) is 0 Å². The summed E-state index contributed by atoms with van der Waals surface area (Å²) in [5.74, 6) is 0.187. The maximum absolute atomic E-state index is 12.8. The lowest BCUT2D eigenvalue weighted by Gasteiger charge is -2.30. The Morgan fingerprint density at radius 2 is 1.81 bits per heavy atom. The van der Waals surface area contributed by atoms with Crippen molar-refractivity contribution < 1.29 is 9.59 Å². The maximum atomic E-state index is 12.8. The van der Waals surface area contributed by atoms with Crippen LogP contribution < -0.4 is 11.1 Å². The molecule has 2 aromatic rings. The molecule has 0 bridgehead atoms. The summed E-state index contributed by atoms with van der Waals surface area (Å²) in [7, 11) is 0. The number of thiophene rings is 1. The maximum Gasteiger partial charge on any atom is 0.256 e. The van der Waals surface area contributed by atoms with Gasteiger partial charge in [0.05, 0.1) is 5.56 Å². The molecule has 2 amide bonds. The lowest BCUT2D eigenvalue weighted by molar-refractivity contribution is 0.0716. The molecule has 1 aliphatic heterocycles. The van der Waals surface area contributed by atoms with Crippen LogP contribution in [0.5, 0.6) is 0 Å². The lowest BCUT2D eigenvalue weighted by Crippen LogP contribution is -2.42. The van der Waals surface area contributed by atoms with E-state index in [-0.39, 0.29) is 17.9 Å². The van der Waals surface area contributed by atoms with Gasteiger partial charge >= 0.3 is 0 Å². The second-order valence-electron chi connectivity index (χ2n) is 7.02. The molecule has 0 aliphatic carbocycles. The summed E-state index contributed by atoms with van der Waals surface area (Å²) in [5.41, 5.74) is 8.25. The molecule has 3 rings (SSSR count). The van der Waals surface area contributed by atoms with Gasteiger partial charge in [0, 0.05) is 24.7 Å². The average molecular weight is 372 g/mol. The topological polar surface area (TPSA) is 75.4 Å². The molecule has 1 saturated heterocycles. The van der Waals surface area contributed by atoms with Crippen LogP contribution in [0.15, 0.2) is 35.7 Å². The number of benzene rings is 1. The molecule has 6 heteroatoms. The van der Waals surface area contributed by atoms with Gasteiger partial charge < -0.3 is 16.0 Å². The Balaban J connectivity index is 1.70. The van der Waals surface area contributed by atoms with E-state index < -0.39 is 0 Å². The predicted octanol–water partition coefficient (Wildman–Crippen LogP) is 3.69. The Labute approximate surface area is 158 Å². The minimum Gasteiger partial charge on any atom is -0.338 e. The van der Waals surface area contributed by atoms with Gasteiger partial charge in [-0.2, -0.15) is 0 Å². The highest BCUT2D eigenvalue weighted by Crippen LogP contribution is 2.26. The van der Waals surface area contributed by atoms with Crippen molar-refractivity contribution in [2.45, 2.75) is 38.6 Å². The van der Waals surface area contributed by atoms with Gasteiger partial charge in [-0.1, -0.05) is 26.0 Å². The molecule has 1 fully saturated rings. The molecule has 26 heavy (non-hydrogen) atoms. The van der Waals surface area contributed by atoms with Crippen molar-refractivity contribution in [3.8, 4) is 0 Å². The fraction of sp³-hybridized carbons (Fsp3) is 0.400. The molecule has 1 aromatic heterocycles. The average Bonchev–Trinajstić information content (AvgIpc) is 3.10. The highest BCUT2D eigenvalue weighted by Gasteiger charge is 2.24. The molecule has 138 valence electrons. The number of nitrogens with one attached hydrogen (secondary N) is 1. The largest absolute Gasteiger partial charge is 0.338 e. The first kappa shape index (κ1) is 18.6. The Morgan fingerprint density at radius 3 is 2.42 bits per heavy atom. The van der Waals surface area contributed by atoms with E-state index in [1.165, 1.54) is 16.9 Å². The van der Waals surface area contributed by atoms with Crippen molar-refractivity contribution in [1.82, 2.24) is 4.90 Å². The van der Waals surface area contributed by atoms with Crippen molar-refractivity contribution in [2.24, 2.45) is 5.73 Å². The van der Waals surface area contributed by atoms with Crippen LogP contribution in [0.3, 0.4) is 0 Å². The zero-order valence-electron chi connectivity index (χ0n) is 15.2. The second kappa shape index (κ2) is 8.01. The van der Waals surface area contributed by atoms with E-state index in [0.29, 0.717) is 35.1 Å². The van der Waals surface area contributed by atoms with E-state index in [2.05, 4.69) is 19.2 Å². The highest BCUT2D eigenvalue weighted by atomic mass is 32.1. The number of hydrogen-bond acceptors (Lipinski definition) is 4. The van der Waals surface area contributed by atoms with Gasteiger partial charge in [-0.15, -0.1) is 11.3 Å². The van der Waals surface area contributed by atoms with Crippen LogP contribution in [-0.4, -0.2) is 35.8 Å². The molecular formula is C20H25N3O2S. The Morgan fingerprint density at radius 1 is 1.15 bits per heavy atom. The van der Waals surface area contributed by atoms with Crippen LogP contribution in [0.25, 0.3) is 0 Å². The quantitative estimate of drug-likeness (QED) is 0.861. The van der Waals surface area contributed by atoms with E-state index in [1.54, 1.807) is 6.07 Å². The highest BCUT2D eigenvalue weighted by molar-refractivity contribution is 7.14. The van der Waals surface area contributed by atoms with Crippen LogP contribution in [0.1, 0.15) is 58.9 Å². The number of nitrogens with two attached hydrogens (primary N) is 1. The molecule has 1 aliphatic rings. The monoisotopic (exact) mass is 371 g/mol. The van der Waals surface area contributed by atoms with Gasteiger partial charge in [0.2, 0.25) is 0 Å². The van der Waals surface area contributed by atoms with Gasteiger partial charge in [0.1, 0.15) is 5.00 Å². The number of likely N-dealkylation sites (tertiary alicyclic amines) is 1. The fourth-order valence-corrected chi connectivity index (χ4v) is 3.82. The van der Waals surface area contributed by atoms with Crippen molar-refractivity contribution in [3.05, 3.63) is 52.4 Å². The summed E-state index contributed by atoms with van der Waals surface area (Å²) < 4.78 is 0. The van der Waals surface area contributed by atoms with E-state index in [9.17, 15) is 9.59 Å². The number of carbonyl (C=O) groups is 2. The van der Waals surface area contributed by atoms with Gasteiger partial charge in [0.15, 0.2) is 0 Å². The van der Waals surface area contributed by atoms with Crippen LogP contribution in [0.2, 0.25) is 0 Å². The van der Waals surface area contributed by atoms with E-state index >= 15 is 0 Å². The Bertz CT molecular complexity index is 775. The molecule has 0 radical (unpaired) electrons. The smallest absolute Gasteiger partial charge is 0.256 e. The first-order valence-corrected chi connectivity index (χ1v) is 9.87. The SMILES string of the molecule is CC(C)c1ccc(C(=O)Nc2sccc2C(=O)N2CCC(N)CC2)cc1. The van der Waals surface area contributed by atoms with Gasteiger partial charge in [0.25, 0.3) is 11.8 Å². The van der Waals surface area contributed by atoms with Crippen molar-refractivity contribution in [2.75, 3.05) is 18.4 Å². The summed E-state index contributed by atoms with van der Waals surface area (Å²) in [6, 6.07) is 9.54. The van der Waals surface area contributed by atoms with E-state index in [4.69, 9.17) is 5.73 Å². The Hall–Kier alpha value is -2.18. The third-order valence-electron chi connectivity index (χ3n) is 4.79. The fourth-order valence-electron chi connectivity index (χ4n) is 3.04. The van der Waals surface area contributed by atoms with Crippen molar-refractivity contribution in [3.63, 3.8) is 0 Å². The summed E-state index contributed by atoms with van der Waals surface area (Å²) in [6.45, 7) is 5.57. The zero-order valence-corrected chi connectivity index (χ0v) is 16.0. The van der Waals surface area contributed by atoms with Crippen molar-refractivity contribution >= 4 is 28.2 Å². The molecule has 0 saturated carbocycles. The van der Waals surface area contributed by atoms with E-state index in [0.717, 1.165) is 12.8 Å². The third-order valence-corrected chi connectivity index (χ3v) is 5.62. The molecular weight excluding hydrogens is 346 g/mol. The number of carbonyl (C=O) groups excluding carboxylic acids is 2. The summed E-state index contributed by atoms with van der Waals surface area (Å²) >= 11 is 1.37. The molecule has 0 spiro atoms. The standard InChI is InChI=1S/C20H25N3O2S/c1-13(2)14-3-5-15(6-4-14)18(24)22-19-17(9-12-26-19)20(25)23-10-7-16(21)8-11-23/h3-6,9,12-13,16H,7-8,10-11,21H2,1-2H3,(H,22,24). The minimum atomic E-state index is -0.197. The van der Waals surface area contributed by atoms with Crippen molar-refractivity contribution in [1.29, 1.82) is 0 Å². The zero-order chi connectivity index (χ0) is 18.7. The molecule has 5 nitrogen and oxygen atoms in total. The molecule has 3 N–H and O–H groups in total. The summed E-state index contributed by atoms with van der Waals surface area (Å²) in [5, 5.41) is 5.33. The molecule has 0 atom stereocenters. The molecule has 1 aromatic carbocycles. The Kier molecular flexibility index (Phi) is 5.74. The van der Waals surface area contributed by atoms with Gasteiger partial charge in [-0.25, -0.2) is 0 Å². The normalized spacial score (nSPS) is 15.3. The number of piperidine rings is 1. The van der Waals surface area contributed by atoms with Crippen LogP contribution in [0.4, 0.5) is 5.00 Å². The van der Waals surface area contributed by atoms with Crippen LogP contribution >= 0.6 is 11.3 Å². The van der Waals surface area contributed by atoms with Crippen LogP contribution in [0, 0.1) is 0 Å². The van der Waals surface area contributed by atoms with Gasteiger partial charge in [-0.3, -0.25) is 9.59 Å². The second-order valence-corrected chi connectivity index (χ2v) is 7.94. The number of anilines is 1. The first-order chi connectivity index (χ1) is 12.5.